The zero-order chi connectivity index (χ0) is 16.8. The topological polar surface area (TPSA) is 51.7 Å². The molecule has 2 heterocycles. The number of rotatable bonds is 5. The summed E-state index contributed by atoms with van der Waals surface area (Å²) in [5, 5.41) is 0. The summed E-state index contributed by atoms with van der Waals surface area (Å²) in [7, 11) is 1.63. The highest BCUT2D eigenvalue weighted by atomic mass is 16.5. The van der Waals surface area contributed by atoms with Gasteiger partial charge in [-0.25, -0.2) is 4.98 Å². The van der Waals surface area contributed by atoms with E-state index in [1.807, 2.05) is 48.5 Å². The van der Waals surface area contributed by atoms with Crippen molar-refractivity contribution in [2.75, 3.05) is 20.2 Å². The van der Waals surface area contributed by atoms with Gasteiger partial charge >= 0.3 is 0 Å². The lowest BCUT2D eigenvalue weighted by atomic mass is 10.2. The second kappa shape index (κ2) is 7.64. The van der Waals surface area contributed by atoms with Crippen molar-refractivity contribution in [1.29, 1.82) is 0 Å². The quantitative estimate of drug-likeness (QED) is 0.794. The van der Waals surface area contributed by atoms with E-state index in [0.717, 1.165) is 17.7 Å². The van der Waals surface area contributed by atoms with Gasteiger partial charge in [0.05, 0.1) is 13.7 Å². The molecular weight excluding hydrogens is 304 g/mol. The second-order valence-electron chi connectivity index (χ2n) is 5.59. The third-order valence-electron chi connectivity index (χ3n) is 3.92. The van der Waals surface area contributed by atoms with Crippen LogP contribution in [0.4, 0.5) is 0 Å². The van der Waals surface area contributed by atoms with Crippen molar-refractivity contribution >= 4 is 12.0 Å². The van der Waals surface area contributed by atoms with E-state index >= 15 is 0 Å². The highest BCUT2D eigenvalue weighted by molar-refractivity contribution is 5.92. The van der Waals surface area contributed by atoms with Gasteiger partial charge in [-0.3, -0.25) is 4.79 Å². The Kier molecular flexibility index (Phi) is 5.11. The normalized spacial score (nSPS) is 17.2. The predicted octanol–water partition coefficient (Wildman–Crippen LogP) is 2.78. The van der Waals surface area contributed by atoms with Crippen LogP contribution in [0, 0.1) is 0 Å². The van der Waals surface area contributed by atoms with Gasteiger partial charge in [0.15, 0.2) is 0 Å². The van der Waals surface area contributed by atoms with Gasteiger partial charge in [-0.05, 0) is 29.8 Å². The maximum absolute atomic E-state index is 12.3. The molecule has 1 atom stereocenters. The lowest BCUT2D eigenvalue weighted by molar-refractivity contribution is -0.125. The van der Waals surface area contributed by atoms with Crippen molar-refractivity contribution in [3.05, 3.63) is 60.3 Å². The average Bonchev–Trinajstić information content (AvgIpc) is 3.09. The Hall–Kier alpha value is -2.82. The first kappa shape index (κ1) is 16.1. The van der Waals surface area contributed by atoms with Crippen LogP contribution in [0.25, 0.3) is 6.08 Å². The summed E-state index contributed by atoms with van der Waals surface area (Å²) in [6, 6.07) is 13.1. The molecule has 0 spiro atoms. The average molecular weight is 324 g/mol. The number of likely N-dealkylation sites (tertiary alicyclic amines) is 1. The number of aromatic nitrogens is 1. The van der Waals surface area contributed by atoms with E-state index in [9.17, 15) is 4.79 Å². The monoisotopic (exact) mass is 324 g/mol. The van der Waals surface area contributed by atoms with Crippen LogP contribution in [0.3, 0.4) is 0 Å². The highest BCUT2D eigenvalue weighted by Crippen LogP contribution is 2.17. The van der Waals surface area contributed by atoms with Gasteiger partial charge in [0.1, 0.15) is 11.9 Å². The van der Waals surface area contributed by atoms with Crippen LogP contribution in [-0.2, 0) is 4.79 Å². The number of hydrogen-bond donors (Lipinski definition) is 0. The fourth-order valence-corrected chi connectivity index (χ4v) is 2.60. The lowest BCUT2D eigenvalue weighted by Gasteiger charge is -2.15. The molecule has 0 bridgehead atoms. The van der Waals surface area contributed by atoms with Gasteiger partial charge in [-0.2, -0.15) is 0 Å². The molecule has 0 radical (unpaired) electrons. The Labute approximate surface area is 141 Å². The van der Waals surface area contributed by atoms with Gasteiger partial charge in [0, 0.05) is 31.3 Å². The number of benzene rings is 1. The van der Waals surface area contributed by atoms with Crippen molar-refractivity contribution in [3.63, 3.8) is 0 Å². The van der Waals surface area contributed by atoms with Gasteiger partial charge < -0.3 is 14.4 Å². The summed E-state index contributed by atoms with van der Waals surface area (Å²) in [5.74, 6) is 1.40. The fraction of sp³-hybridized carbons (Fsp3) is 0.263. The maximum atomic E-state index is 12.3. The van der Waals surface area contributed by atoms with E-state index in [1.54, 1.807) is 24.3 Å². The molecular formula is C19H20N2O3. The van der Waals surface area contributed by atoms with Crippen molar-refractivity contribution < 1.29 is 14.3 Å². The van der Waals surface area contributed by atoms with Crippen LogP contribution in [0.15, 0.2) is 54.7 Å². The smallest absolute Gasteiger partial charge is 0.246 e. The number of nitrogens with zero attached hydrogens (tertiary/aromatic N) is 2. The number of amides is 1. The molecule has 2 aromatic rings. The Morgan fingerprint density at radius 1 is 1.25 bits per heavy atom. The molecule has 0 aliphatic carbocycles. The number of hydrogen-bond acceptors (Lipinski definition) is 4. The predicted molar refractivity (Wildman–Crippen MR) is 91.9 cm³/mol. The summed E-state index contributed by atoms with van der Waals surface area (Å²) >= 11 is 0. The Bertz CT molecular complexity index is 698. The van der Waals surface area contributed by atoms with Crippen molar-refractivity contribution in [2.24, 2.45) is 0 Å². The van der Waals surface area contributed by atoms with Gasteiger partial charge in [0.25, 0.3) is 0 Å². The summed E-state index contributed by atoms with van der Waals surface area (Å²) in [4.78, 5) is 18.2. The summed E-state index contributed by atoms with van der Waals surface area (Å²) < 4.78 is 10.9. The summed E-state index contributed by atoms with van der Waals surface area (Å²) in [6.45, 7) is 1.28. The first-order valence-corrected chi connectivity index (χ1v) is 7.93. The zero-order valence-electron chi connectivity index (χ0n) is 13.6. The Morgan fingerprint density at radius 3 is 2.79 bits per heavy atom. The third-order valence-corrected chi connectivity index (χ3v) is 3.92. The third kappa shape index (κ3) is 4.13. The Balaban J connectivity index is 1.53. The fourth-order valence-electron chi connectivity index (χ4n) is 2.60. The van der Waals surface area contributed by atoms with Crippen LogP contribution in [0.2, 0.25) is 0 Å². The van der Waals surface area contributed by atoms with Gasteiger partial charge in [-0.1, -0.05) is 18.2 Å². The number of ether oxygens (including phenoxy) is 2. The van der Waals surface area contributed by atoms with Crippen LogP contribution >= 0.6 is 0 Å². The minimum atomic E-state index is -0.00191. The molecule has 0 N–H and O–H groups in total. The van der Waals surface area contributed by atoms with E-state index in [1.165, 1.54) is 0 Å². The molecule has 0 saturated carbocycles. The van der Waals surface area contributed by atoms with Crippen molar-refractivity contribution in [1.82, 2.24) is 9.88 Å². The molecule has 1 aromatic heterocycles. The van der Waals surface area contributed by atoms with E-state index in [-0.39, 0.29) is 12.0 Å². The molecule has 1 unspecified atom stereocenters. The number of carbonyl (C=O) groups excluding carboxylic acids is 1. The molecule has 1 saturated heterocycles. The van der Waals surface area contributed by atoms with E-state index in [0.29, 0.717) is 19.0 Å². The van der Waals surface area contributed by atoms with E-state index in [2.05, 4.69) is 4.98 Å². The van der Waals surface area contributed by atoms with Crippen LogP contribution in [0.5, 0.6) is 11.6 Å². The molecule has 1 amide bonds. The largest absolute Gasteiger partial charge is 0.497 e. The molecule has 1 fully saturated rings. The number of methoxy groups -OCH3 is 1. The van der Waals surface area contributed by atoms with Crippen LogP contribution < -0.4 is 9.47 Å². The van der Waals surface area contributed by atoms with Crippen LogP contribution in [-0.4, -0.2) is 42.1 Å². The maximum Gasteiger partial charge on any atom is 0.246 e. The van der Waals surface area contributed by atoms with E-state index in [4.69, 9.17) is 9.47 Å². The highest BCUT2D eigenvalue weighted by Gasteiger charge is 2.26. The molecule has 5 nitrogen and oxygen atoms in total. The standard InChI is InChI=1S/C19H20N2O3/c1-23-16-8-5-15(6-9-16)7-10-19(22)21-13-11-17(14-21)24-18-4-2-3-12-20-18/h2-10,12,17H,11,13-14H2,1H3. The molecule has 124 valence electrons. The minimum absolute atomic E-state index is 0.00163. The number of carbonyl (C=O) groups is 1. The lowest BCUT2D eigenvalue weighted by Crippen LogP contribution is -2.29. The van der Waals surface area contributed by atoms with Gasteiger partial charge in [0.2, 0.25) is 11.8 Å². The van der Waals surface area contributed by atoms with Gasteiger partial charge in [-0.15, -0.1) is 0 Å². The Morgan fingerprint density at radius 2 is 2.08 bits per heavy atom. The SMILES string of the molecule is COc1ccc(C=CC(=O)N2CCC(Oc3ccccn3)C2)cc1. The molecule has 5 heteroatoms. The zero-order valence-corrected chi connectivity index (χ0v) is 13.6. The van der Waals surface area contributed by atoms with E-state index < -0.39 is 0 Å². The van der Waals surface area contributed by atoms with Crippen molar-refractivity contribution in [3.8, 4) is 11.6 Å². The molecule has 1 aliphatic rings. The van der Waals surface area contributed by atoms with Crippen LogP contribution in [0.1, 0.15) is 12.0 Å². The molecule has 3 rings (SSSR count). The van der Waals surface area contributed by atoms with Crippen molar-refractivity contribution in [2.45, 2.75) is 12.5 Å². The summed E-state index contributed by atoms with van der Waals surface area (Å²) in [6.07, 6.45) is 5.93. The molecule has 24 heavy (non-hydrogen) atoms. The molecule has 1 aliphatic heterocycles. The minimum Gasteiger partial charge on any atom is -0.497 e. The second-order valence-corrected chi connectivity index (χ2v) is 5.59. The summed E-state index contributed by atoms with van der Waals surface area (Å²) in [5.41, 5.74) is 0.963. The first-order valence-electron chi connectivity index (χ1n) is 7.93. The molecule has 1 aromatic carbocycles. The number of pyridine rings is 1. The first-order chi connectivity index (χ1) is 11.7.